The van der Waals surface area contributed by atoms with Crippen molar-refractivity contribution in [2.45, 2.75) is 24.3 Å². The van der Waals surface area contributed by atoms with Crippen molar-refractivity contribution in [2.75, 3.05) is 40.5 Å². The van der Waals surface area contributed by atoms with Gasteiger partial charge < -0.3 is 19.5 Å². The van der Waals surface area contributed by atoms with Gasteiger partial charge in [0.05, 0.1) is 43.9 Å². The van der Waals surface area contributed by atoms with Crippen LogP contribution >= 0.6 is 0 Å². The normalized spacial score (nSPS) is 15.8. The van der Waals surface area contributed by atoms with Gasteiger partial charge in [-0.1, -0.05) is 19.1 Å². The second kappa shape index (κ2) is 10.1. The number of morpholine rings is 1. The predicted octanol–water partition coefficient (Wildman–Crippen LogP) is 2.61. The minimum Gasteiger partial charge on any atom is -0.497 e. The summed E-state index contributed by atoms with van der Waals surface area (Å²) in [4.78, 5) is 13.2. The molecule has 1 amide bonds. The molecule has 1 N–H and O–H groups in total. The number of nitrogens with one attached hydrogen (secondary N) is 1. The SMILES string of the molecule is CC[C@@H](NC(=O)c1cc(S(=O)(=O)N2CCOCC2)ccc1OC)c1ccc(OC)cc1. The molecule has 1 aliphatic rings. The highest BCUT2D eigenvalue weighted by atomic mass is 32.2. The van der Waals surface area contributed by atoms with Crippen molar-refractivity contribution in [1.29, 1.82) is 0 Å². The number of rotatable bonds is 8. The quantitative estimate of drug-likeness (QED) is 0.667. The second-order valence-corrected chi connectivity index (χ2v) is 9.02. The fraction of sp³-hybridized carbons (Fsp3) is 0.409. The van der Waals surface area contributed by atoms with E-state index in [1.807, 2.05) is 31.2 Å². The number of nitrogens with zero attached hydrogens (tertiary/aromatic N) is 1. The van der Waals surface area contributed by atoms with Gasteiger partial charge in [0, 0.05) is 13.1 Å². The first-order chi connectivity index (χ1) is 14.9. The zero-order chi connectivity index (χ0) is 22.4. The molecule has 0 radical (unpaired) electrons. The van der Waals surface area contributed by atoms with E-state index in [1.165, 1.54) is 29.6 Å². The Morgan fingerprint density at radius 1 is 1.10 bits per heavy atom. The van der Waals surface area contributed by atoms with E-state index in [-0.39, 0.29) is 29.6 Å². The Hall–Kier alpha value is -2.62. The molecule has 1 fully saturated rings. The lowest BCUT2D eigenvalue weighted by molar-refractivity contribution is 0.0730. The molecule has 1 aliphatic heterocycles. The number of sulfonamides is 1. The Morgan fingerprint density at radius 3 is 2.35 bits per heavy atom. The van der Waals surface area contributed by atoms with Crippen LogP contribution in [0.2, 0.25) is 0 Å². The van der Waals surface area contributed by atoms with Gasteiger partial charge in [0.15, 0.2) is 0 Å². The van der Waals surface area contributed by atoms with E-state index >= 15 is 0 Å². The second-order valence-electron chi connectivity index (χ2n) is 7.09. The molecule has 0 bridgehead atoms. The van der Waals surface area contributed by atoms with Crippen LogP contribution in [0, 0.1) is 0 Å². The van der Waals surface area contributed by atoms with E-state index < -0.39 is 15.9 Å². The van der Waals surface area contributed by atoms with Crippen LogP contribution in [0.25, 0.3) is 0 Å². The highest BCUT2D eigenvalue weighted by molar-refractivity contribution is 7.89. The number of carbonyl (C=O) groups excluding carboxylic acids is 1. The summed E-state index contributed by atoms with van der Waals surface area (Å²) in [5, 5.41) is 2.98. The molecule has 168 valence electrons. The molecule has 31 heavy (non-hydrogen) atoms. The predicted molar refractivity (Wildman–Crippen MR) is 116 cm³/mol. The maximum atomic E-state index is 13.1. The molecule has 1 saturated heterocycles. The van der Waals surface area contributed by atoms with Crippen molar-refractivity contribution in [3.8, 4) is 11.5 Å². The Balaban J connectivity index is 1.87. The van der Waals surface area contributed by atoms with Crippen LogP contribution in [0.3, 0.4) is 0 Å². The third-order valence-corrected chi connectivity index (χ3v) is 7.15. The van der Waals surface area contributed by atoms with Gasteiger partial charge in [-0.2, -0.15) is 4.31 Å². The molecule has 0 spiro atoms. The summed E-state index contributed by atoms with van der Waals surface area (Å²) in [5.74, 6) is 0.633. The largest absolute Gasteiger partial charge is 0.497 e. The van der Waals surface area contributed by atoms with Crippen molar-refractivity contribution < 1.29 is 27.4 Å². The smallest absolute Gasteiger partial charge is 0.255 e. The summed E-state index contributed by atoms with van der Waals surface area (Å²) in [5.41, 5.74) is 1.09. The molecule has 8 nitrogen and oxygen atoms in total. The maximum Gasteiger partial charge on any atom is 0.255 e. The lowest BCUT2D eigenvalue weighted by Gasteiger charge is -2.26. The van der Waals surface area contributed by atoms with Crippen molar-refractivity contribution >= 4 is 15.9 Å². The average Bonchev–Trinajstić information content (AvgIpc) is 2.82. The molecule has 0 unspecified atom stereocenters. The fourth-order valence-corrected chi connectivity index (χ4v) is 4.89. The number of benzene rings is 2. The fourth-order valence-electron chi connectivity index (χ4n) is 3.45. The minimum absolute atomic E-state index is 0.0536. The average molecular weight is 449 g/mol. The van der Waals surface area contributed by atoms with Crippen LogP contribution in [0.15, 0.2) is 47.4 Å². The Labute approximate surface area is 183 Å². The molecule has 0 saturated carbocycles. The van der Waals surface area contributed by atoms with Crippen LogP contribution in [-0.4, -0.2) is 59.2 Å². The molecule has 2 aromatic carbocycles. The number of methoxy groups -OCH3 is 2. The van der Waals surface area contributed by atoms with Gasteiger partial charge in [0.2, 0.25) is 10.0 Å². The molecule has 3 rings (SSSR count). The Kier molecular flexibility index (Phi) is 7.53. The molecule has 0 aliphatic carbocycles. The van der Waals surface area contributed by atoms with E-state index in [1.54, 1.807) is 7.11 Å². The summed E-state index contributed by atoms with van der Waals surface area (Å²) in [6.07, 6.45) is 0.659. The first kappa shape index (κ1) is 23.1. The van der Waals surface area contributed by atoms with Gasteiger partial charge in [-0.05, 0) is 42.3 Å². The highest BCUT2D eigenvalue weighted by Gasteiger charge is 2.28. The van der Waals surface area contributed by atoms with Crippen molar-refractivity contribution in [2.24, 2.45) is 0 Å². The number of hydrogen-bond donors (Lipinski definition) is 1. The van der Waals surface area contributed by atoms with Crippen LogP contribution in [0.1, 0.15) is 35.3 Å². The number of hydrogen-bond acceptors (Lipinski definition) is 6. The molecule has 0 aromatic heterocycles. The molecular weight excluding hydrogens is 420 g/mol. The monoisotopic (exact) mass is 448 g/mol. The third-order valence-electron chi connectivity index (χ3n) is 5.26. The Morgan fingerprint density at radius 2 is 1.77 bits per heavy atom. The summed E-state index contributed by atoms with van der Waals surface area (Å²) in [6, 6.07) is 11.5. The van der Waals surface area contributed by atoms with E-state index in [0.717, 1.165) is 11.3 Å². The highest BCUT2D eigenvalue weighted by Crippen LogP contribution is 2.27. The zero-order valence-electron chi connectivity index (χ0n) is 18.0. The van der Waals surface area contributed by atoms with Gasteiger partial charge >= 0.3 is 0 Å². The number of carbonyl (C=O) groups is 1. The molecule has 1 heterocycles. The van der Waals surface area contributed by atoms with Crippen LogP contribution in [-0.2, 0) is 14.8 Å². The number of ether oxygens (including phenoxy) is 3. The van der Waals surface area contributed by atoms with Crippen LogP contribution in [0.4, 0.5) is 0 Å². The minimum atomic E-state index is -3.73. The third kappa shape index (κ3) is 5.17. The van der Waals surface area contributed by atoms with E-state index in [9.17, 15) is 13.2 Å². The molecule has 1 atom stereocenters. The van der Waals surface area contributed by atoms with Gasteiger partial charge in [-0.3, -0.25) is 4.79 Å². The first-order valence-corrected chi connectivity index (χ1v) is 11.6. The number of amides is 1. The zero-order valence-corrected chi connectivity index (χ0v) is 18.8. The van der Waals surface area contributed by atoms with E-state index in [4.69, 9.17) is 14.2 Å². The standard InChI is InChI=1S/C22H28N2O6S/c1-4-20(16-5-7-17(28-2)8-6-16)23-22(25)19-15-18(9-10-21(19)29-3)31(26,27)24-11-13-30-14-12-24/h5-10,15,20H,4,11-14H2,1-3H3,(H,23,25)/t20-/m1/s1. The summed E-state index contributed by atoms with van der Waals surface area (Å²) >= 11 is 0. The Bertz CT molecular complexity index is 1000. The lowest BCUT2D eigenvalue weighted by atomic mass is 10.0. The lowest BCUT2D eigenvalue weighted by Crippen LogP contribution is -2.40. The maximum absolute atomic E-state index is 13.1. The van der Waals surface area contributed by atoms with E-state index in [0.29, 0.717) is 25.4 Å². The molecule has 2 aromatic rings. The molecule has 9 heteroatoms. The van der Waals surface area contributed by atoms with Gasteiger partial charge in [0.25, 0.3) is 5.91 Å². The topological polar surface area (TPSA) is 94.2 Å². The van der Waals surface area contributed by atoms with Gasteiger partial charge in [-0.15, -0.1) is 0 Å². The van der Waals surface area contributed by atoms with Gasteiger partial charge in [0.1, 0.15) is 11.5 Å². The van der Waals surface area contributed by atoms with Gasteiger partial charge in [-0.25, -0.2) is 8.42 Å². The molecular formula is C22H28N2O6S. The van der Waals surface area contributed by atoms with Crippen molar-refractivity contribution in [1.82, 2.24) is 9.62 Å². The summed E-state index contributed by atoms with van der Waals surface area (Å²) in [7, 11) is -0.690. The van der Waals surface area contributed by atoms with Crippen LogP contribution < -0.4 is 14.8 Å². The first-order valence-electron chi connectivity index (χ1n) is 10.1. The van der Waals surface area contributed by atoms with E-state index in [2.05, 4.69) is 5.32 Å². The van der Waals surface area contributed by atoms with Crippen molar-refractivity contribution in [3.63, 3.8) is 0 Å². The summed E-state index contributed by atoms with van der Waals surface area (Å²) in [6.45, 7) is 3.23. The van der Waals surface area contributed by atoms with Crippen molar-refractivity contribution in [3.05, 3.63) is 53.6 Å². The summed E-state index contributed by atoms with van der Waals surface area (Å²) < 4.78 is 43.1. The van der Waals surface area contributed by atoms with Crippen LogP contribution in [0.5, 0.6) is 11.5 Å².